The third-order valence-electron chi connectivity index (χ3n) is 6.02. The lowest BCUT2D eigenvalue weighted by Gasteiger charge is -2.30. The molecule has 0 spiro atoms. The van der Waals surface area contributed by atoms with Gasteiger partial charge in [-0.3, -0.25) is 9.79 Å². The third-order valence-corrected chi connectivity index (χ3v) is 6.02. The summed E-state index contributed by atoms with van der Waals surface area (Å²) >= 11 is 0. The molecule has 1 aromatic rings. The first-order chi connectivity index (χ1) is 13.3. The number of ketones is 1. The van der Waals surface area contributed by atoms with Crippen molar-refractivity contribution in [3.8, 4) is 5.75 Å². The van der Waals surface area contributed by atoms with Crippen LogP contribution in [0, 0.1) is 5.92 Å². The van der Waals surface area contributed by atoms with Gasteiger partial charge in [-0.15, -0.1) is 0 Å². The highest BCUT2D eigenvalue weighted by atomic mass is 16.5. The van der Waals surface area contributed by atoms with Crippen LogP contribution in [0.25, 0.3) is 0 Å². The lowest BCUT2D eigenvalue weighted by molar-refractivity contribution is -0.122. The molecule has 0 N–H and O–H groups in total. The molecule has 2 aliphatic rings. The van der Waals surface area contributed by atoms with Crippen molar-refractivity contribution in [1.29, 1.82) is 0 Å². The Morgan fingerprint density at radius 3 is 2.46 bits per heavy atom. The number of aliphatic imine (C=N–C) groups is 1. The Labute approximate surface area is 170 Å². The first kappa shape index (κ1) is 21.0. The minimum Gasteiger partial charge on any atom is -0.496 e. The summed E-state index contributed by atoms with van der Waals surface area (Å²) in [5.41, 5.74) is 4.35. The molecule has 0 radical (unpaired) electrons. The summed E-state index contributed by atoms with van der Waals surface area (Å²) in [6, 6.07) is 4.38. The number of ether oxygens (including phenoxy) is 1. The zero-order chi connectivity index (χ0) is 20.3. The van der Waals surface area contributed by atoms with E-state index in [1.54, 1.807) is 7.11 Å². The molecular formula is C24H36N2O2. The van der Waals surface area contributed by atoms with E-state index in [2.05, 4.69) is 45.0 Å². The van der Waals surface area contributed by atoms with Crippen LogP contribution in [-0.2, 0) is 17.8 Å². The van der Waals surface area contributed by atoms with Gasteiger partial charge in [-0.25, -0.2) is 0 Å². The second-order valence-electron chi connectivity index (χ2n) is 9.44. The molecular weight excluding hydrogens is 348 g/mol. The second kappa shape index (κ2) is 8.77. The fourth-order valence-electron chi connectivity index (χ4n) is 4.71. The van der Waals surface area contributed by atoms with Gasteiger partial charge in [0.2, 0.25) is 0 Å². The fraction of sp³-hybridized carbons (Fsp3) is 0.667. The van der Waals surface area contributed by atoms with Crippen molar-refractivity contribution in [2.45, 2.75) is 77.3 Å². The van der Waals surface area contributed by atoms with Gasteiger partial charge in [0.25, 0.3) is 0 Å². The molecule has 154 valence electrons. The monoisotopic (exact) mass is 384 g/mol. The Kier molecular flexibility index (Phi) is 6.59. The molecule has 1 fully saturated rings. The first-order valence-corrected chi connectivity index (χ1v) is 10.8. The maximum atomic E-state index is 13.1. The summed E-state index contributed by atoms with van der Waals surface area (Å²) < 4.78 is 5.67. The normalized spacial score (nSPS) is 19.7. The Balaban J connectivity index is 1.92. The van der Waals surface area contributed by atoms with E-state index in [0.29, 0.717) is 12.2 Å². The van der Waals surface area contributed by atoms with E-state index in [-0.39, 0.29) is 11.5 Å². The van der Waals surface area contributed by atoms with E-state index in [1.165, 1.54) is 31.2 Å². The van der Waals surface area contributed by atoms with Crippen molar-refractivity contribution >= 4 is 11.5 Å². The lowest BCUT2D eigenvalue weighted by atomic mass is 9.82. The van der Waals surface area contributed by atoms with Crippen molar-refractivity contribution in [1.82, 2.24) is 4.90 Å². The molecule has 4 heteroatoms. The topological polar surface area (TPSA) is 41.9 Å². The number of nitrogens with zero attached hydrogens (tertiary/aromatic N) is 2. The number of carbonyl (C=O) groups excluding carboxylic acids is 1. The standard InChI is InChI=1S/C24H36N2O2/c1-24(2)15-18-13-23(28-5)19(16-26(3)4)12-20(18)21(25-24)14-22(27)17-10-8-6-7-9-11-17/h12-13,17H,6-11,14-16H2,1-5H3. The summed E-state index contributed by atoms with van der Waals surface area (Å²) in [6.07, 6.45) is 8.37. The van der Waals surface area contributed by atoms with Crippen LogP contribution in [0.5, 0.6) is 5.75 Å². The number of Topliss-reactive ketones (excluding diaryl/α,β-unsaturated/α-hetero) is 1. The maximum Gasteiger partial charge on any atom is 0.141 e. The molecule has 28 heavy (non-hydrogen) atoms. The van der Waals surface area contributed by atoms with Gasteiger partial charge < -0.3 is 9.64 Å². The van der Waals surface area contributed by atoms with Crippen LogP contribution in [0.15, 0.2) is 17.1 Å². The number of rotatable bonds is 6. The average molecular weight is 385 g/mol. The van der Waals surface area contributed by atoms with Crippen molar-refractivity contribution in [3.63, 3.8) is 0 Å². The van der Waals surface area contributed by atoms with Gasteiger partial charge in [-0.2, -0.15) is 0 Å². The molecule has 0 aromatic heterocycles. The van der Waals surface area contributed by atoms with Gasteiger partial charge in [-0.1, -0.05) is 25.7 Å². The summed E-state index contributed by atoms with van der Waals surface area (Å²) in [4.78, 5) is 20.3. The quantitative estimate of drug-likeness (QED) is 0.661. The highest BCUT2D eigenvalue weighted by Crippen LogP contribution is 2.34. The molecule has 3 rings (SSSR count). The molecule has 1 aromatic carbocycles. The van der Waals surface area contributed by atoms with E-state index in [0.717, 1.165) is 48.4 Å². The molecule has 1 aliphatic heterocycles. The number of benzene rings is 1. The lowest BCUT2D eigenvalue weighted by Crippen LogP contribution is -2.31. The second-order valence-corrected chi connectivity index (χ2v) is 9.44. The zero-order valence-corrected chi connectivity index (χ0v) is 18.3. The van der Waals surface area contributed by atoms with Crippen LogP contribution >= 0.6 is 0 Å². The number of methoxy groups -OCH3 is 1. The highest BCUT2D eigenvalue weighted by Gasteiger charge is 2.30. The van der Waals surface area contributed by atoms with Crippen LogP contribution < -0.4 is 4.74 Å². The third kappa shape index (κ3) is 5.02. The van der Waals surface area contributed by atoms with Crippen molar-refractivity contribution in [3.05, 3.63) is 28.8 Å². The molecule has 0 unspecified atom stereocenters. The van der Waals surface area contributed by atoms with Crippen LogP contribution in [0.1, 0.15) is 75.5 Å². The number of hydrogen-bond donors (Lipinski definition) is 0. The largest absolute Gasteiger partial charge is 0.496 e. The van der Waals surface area contributed by atoms with Gasteiger partial charge >= 0.3 is 0 Å². The van der Waals surface area contributed by atoms with E-state index in [4.69, 9.17) is 9.73 Å². The summed E-state index contributed by atoms with van der Waals surface area (Å²) in [5, 5.41) is 0. The SMILES string of the molecule is COc1cc2c(cc1CN(C)C)C(CC(=O)C1CCCCCC1)=NC(C)(C)C2. The number of hydrogen-bond acceptors (Lipinski definition) is 4. The number of carbonyl (C=O) groups is 1. The Morgan fingerprint density at radius 2 is 1.86 bits per heavy atom. The minimum atomic E-state index is -0.180. The fourth-order valence-corrected chi connectivity index (χ4v) is 4.71. The molecule has 0 bridgehead atoms. The van der Waals surface area contributed by atoms with Crippen LogP contribution in [-0.4, -0.2) is 43.1 Å². The summed E-state index contributed by atoms with van der Waals surface area (Å²) in [6.45, 7) is 5.13. The molecule has 1 saturated carbocycles. The van der Waals surface area contributed by atoms with E-state index in [1.807, 2.05) is 0 Å². The Bertz CT molecular complexity index is 741. The summed E-state index contributed by atoms with van der Waals surface area (Å²) in [7, 11) is 5.86. The van der Waals surface area contributed by atoms with Gasteiger partial charge in [0.1, 0.15) is 11.5 Å². The molecule has 0 saturated heterocycles. The highest BCUT2D eigenvalue weighted by molar-refractivity contribution is 6.13. The molecule has 0 amide bonds. The molecule has 1 aliphatic carbocycles. The Morgan fingerprint density at radius 1 is 1.18 bits per heavy atom. The average Bonchev–Trinajstić information content (AvgIpc) is 2.90. The molecule has 0 atom stereocenters. The van der Waals surface area contributed by atoms with Gasteiger partial charge in [0.05, 0.1) is 18.4 Å². The molecule has 4 nitrogen and oxygen atoms in total. The van der Waals surface area contributed by atoms with Crippen LogP contribution in [0.3, 0.4) is 0 Å². The Hall–Kier alpha value is -1.68. The maximum absolute atomic E-state index is 13.1. The first-order valence-electron chi connectivity index (χ1n) is 10.8. The van der Waals surface area contributed by atoms with Crippen molar-refractivity contribution < 1.29 is 9.53 Å². The smallest absolute Gasteiger partial charge is 0.141 e. The van der Waals surface area contributed by atoms with Gasteiger partial charge in [-0.05, 0) is 70.5 Å². The van der Waals surface area contributed by atoms with E-state index in [9.17, 15) is 4.79 Å². The van der Waals surface area contributed by atoms with Gasteiger partial charge in [0.15, 0.2) is 0 Å². The van der Waals surface area contributed by atoms with Crippen molar-refractivity contribution in [2.24, 2.45) is 10.9 Å². The summed E-state index contributed by atoms with van der Waals surface area (Å²) in [5.74, 6) is 1.53. The van der Waals surface area contributed by atoms with E-state index < -0.39 is 0 Å². The predicted octanol–water partition coefficient (Wildman–Crippen LogP) is 4.81. The zero-order valence-electron chi connectivity index (χ0n) is 18.3. The van der Waals surface area contributed by atoms with Gasteiger partial charge in [0, 0.05) is 24.4 Å². The van der Waals surface area contributed by atoms with Crippen LogP contribution in [0.4, 0.5) is 0 Å². The van der Waals surface area contributed by atoms with Crippen LogP contribution in [0.2, 0.25) is 0 Å². The number of fused-ring (bicyclic) bond motifs is 1. The van der Waals surface area contributed by atoms with E-state index >= 15 is 0 Å². The van der Waals surface area contributed by atoms with Crippen molar-refractivity contribution in [2.75, 3.05) is 21.2 Å². The minimum absolute atomic E-state index is 0.180. The molecule has 1 heterocycles. The predicted molar refractivity (Wildman–Crippen MR) is 116 cm³/mol.